The van der Waals surface area contributed by atoms with Gasteiger partial charge in [-0.3, -0.25) is 0 Å². The van der Waals surface area contributed by atoms with Gasteiger partial charge in [0.2, 0.25) is 5.69 Å². The number of hydrogen-bond donors (Lipinski definition) is 1. The van der Waals surface area contributed by atoms with E-state index in [1.165, 1.54) is 31.8 Å². The highest BCUT2D eigenvalue weighted by molar-refractivity contribution is 5.44. The zero-order valence-electron chi connectivity index (χ0n) is 9.00. The third-order valence-corrected chi connectivity index (χ3v) is 1.44. The number of nitrogens with two attached hydrogens (primary N) is 1. The molecule has 0 atom stereocenters. The van der Waals surface area contributed by atoms with E-state index in [0.717, 1.165) is 0 Å². The molecule has 14 heavy (non-hydrogen) atoms. The summed E-state index contributed by atoms with van der Waals surface area (Å²) in [5, 5.41) is 0. The first kappa shape index (κ1) is 12.9. The number of methoxy groups -OCH3 is 1. The van der Waals surface area contributed by atoms with Crippen LogP contribution >= 0.6 is 0 Å². The van der Waals surface area contributed by atoms with Crippen LogP contribution < -0.4 is 10.2 Å². The van der Waals surface area contributed by atoms with Gasteiger partial charge in [-0.15, -0.1) is 0 Å². The molecule has 0 fully saturated rings. The largest absolute Gasteiger partial charge is 0.491 e. The Morgan fingerprint density at radius 2 is 1.86 bits per heavy atom. The molecule has 0 aromatic heterocycles. The first-order chi connectivity index (χ1) is 6.77. The Morgan fingerprint density at radius 3 is 2.36 bits per heavy atom. The highest BCUT2D eigenvalue weighted by atomic mass is 19.1. The molecule has 0 aliphatic carbocycles. The summed E-state index contributed by atoms with van der Waals surface area (Å²) in [6, 6.07) is 4.24. The van der Waals surface area contributed by atoms with Crippen LogP contribution in [0.15, 0.2) is 18.2 Å². The van der Waals surface area contributed by atoms with Crippen molar-refractivity contribution >= 4 is 5.69 Å². The van der Waals surface area contributed by atoms with Gasteiger partial charge in [0, 0.05) is 6.07 Å². The molecular formula is C10H17FNO2+. The molecule has 0 radical (unpaired) electrons. The summed E-state index contributed by atoms with van der Waals surface area (Å²) in [7, 11) is 3.03. The van der Waals surface area contributed by atoms with Crippen molar-refractivity contribution in [3.63, 3.8) is 0 Å². The minimum atomic E-state index is -0.306. The molecule has 0 saturated carbocycles. The van der Waals surface area contributed by atoms with Crippen molar-refractivity contribution in [1.82, 2.24) is 0 Å². The van der Waals surface area contributed by atoms with Crippen LogP contribution in [0.25, 0.3) is 0 Å². The lowest BCUT2D eigenvalue weighted by atomic mass is 10.3. The van der Waals surface area contributed by atoms with Gasteiger partial charge in [-0.05, 0) is 12.1 Å². The molecule has 2 N–H and O–H groups in total. The van der Waals surface area contributed by atoms with Crippen LogP contribution in [0, 0.1) is 5.82 Å². The van der Waals surface area contributed by atoms with E-state index < -0.39 is 0 Å². The van der Waals surface area contributed by atoms with Gasteiger partial charge in [0.05, 0.1) is 14.2 Å². The molecule has 0 aliphatic rings. The third kappa shape index (κ3) is 3.72. The molecule has 0 heterocycles. The zero-order chi connectivity index (χ0) is 11.0. The van der Waals surface area contributed by atoms with Gasteiger partial charge in [-0.25, -0.2) is 9.23 Å². The molecule has 80 valence electrons. The molecule has 0 spiro atoms. The Morgan fingerprint density at radius 1 is 1.21 bits per heavy atom. The lowest BCUT2D eigenvalue weighted by Crippen LogP contribution is -2.76. The van der Waals surface area contributed by atoms with Crippen LogP contribution in [0.1, 0.15) is 13.8 Å². The average Bonchev–Trinajstić information content (AvgIpc) is 2.22. The molecule has 0 amide bonds. The fourth-order valence-corrected chi connectivity index (χ4v) is 0.924. The topological polar surface area (TPSA) is 35.1 Å². The van der Waals surface area contributed by atoms with Crippen molar-refractivity contribution < 1.29 is 19.4 Å². The van der Waals surface area contributed by atoms with E-state index >= 15 is 0 Å². The molecule has 1 aromatic carbocycles. The molecule has 1 rings (SSSR count). The highest BCUT2D eigenvalue weighted by Crippen LogP contribution is 2.19. The molecule has 0 bridgehead atoms. The van der Waals surface area contributed by atoms with E-state index in [4.69, 9.17) is 9.57 Å². The Bertz CT molecular complexity index is 266. The Kier molecular flexibility index (Phi) is 6.70. The normalized spacial score (nSPS) is 8.93. The fraction of sp³-hybridized carbons (Fsp3) is 0.400. The van der Waals surface area contributed by atoms with Crippen molar-refractivity contribution in [2.75, 3.05) is 14.2 Å². The van der Waals surface area contributed by atoms with Gasteiger partial charge in [0.1, 0.15) is 5.82 Å². The van der Waals surface area contributed by atoms with Crippen LogP contribution in [0.3, 0.4) is 0 Å². The molecule has 4 heteroatoms. The summed E-state index contributed by atoms with van der Waals surface area (Å²) >= 11 is 0. The van der Waals surface area contributed by atoms with Crippen molar-refractivity contribution in [2.24, 2.45) is 0 Å². The molecule has 0 unspecified atom stereocenters. The Hall–Kier alpha value is -1.13. The van der Waals surface area contributed by atoms with Crippen LogP contribution in [0.2, 0.25) is 0 Å². The standard InChI is InChI=1S/C8H10FNO2.C2H6/c1-11-8-4-3-6(9)5-7(8)10-12-2;1-2/h3-5,10H,1-2H3;1-2H3/p+1. The Balaban J connectivity index is 0.000000791. The third-order valence-electron chi connectivity index (χ3n) is 1.44. The summed E-state index contributed by atoms with van der Waals surface area (Å²) < 4.78 is 17.7. The summed E-state index contributed by atoms with van der Waals surface area (Å²) in [5.41, 5.74) is 2.03. The second-order valence-electron chi connectivity index (χ2n) is 2.24. The van der Waals surface area contributed by atoms with Gasteiger partial charge in [0.15, 0.2) is 5.75 Å². The van der Waals surface area contributed by atoms with Crippen molar-refractivity contribution in [3.05, 3.63) is 24.0 Å². The van der Waals surface area contributed by atoms with Gasteiger partial charge in [-0.1, -0.05) is 13.8 Å². The minimum absolute atomic E-state index is 0.306. The summed E-state index contributed by atoms with van der Waals surface area (Å²) in [6.45, 7) is 4.00. The van der Waals surface area contributed by atoms with Crippen molar-refractivity contribution in [1.29, 1.82) is 0 Å². The quantitative estimate of drug-likeness (QED) is 0.597. The average molecular weight is 202 g/mol. The zero-order valence-corrected chi connectivity index (χ0v) is 9.00. The number of rotatable bonds is 3. The smallest absolute Gasteiger partial charge is 0.207 e. The lowest BCUT2D eigenvalue weighted by Gasteiger charge is -2.03. The molecule has 0 saturated heterocycles. The SMILES string of the molecule is CC.CO[NH2+]c1cc(F)ccc1OC. The number of benzene rings is 1. The number of ether oxygens (including phenoxy) is 1. The van der Waals surface area contributed by atoms with Gasteiger partial charge in [-0.2, -0.15) is 5.48 Å². The molecule has 3 nitrogen and oxygen atoms in total. The molecule has 1 aromatic rings. The first-order valence-corrected chi connectivity index (χ1v) is 4.47. The van der Waals surface area contributed by atoms with E-state index in [1.54, 1.807) is 6.07 Å². The number of hydrogen-bond acceptors (Lipinski definition) is 2. The lowest BCUT2D eigenvalue weighted by molar-refractivity contribution is -0.830. The maximum Gasteiger partial charge on any atom is 0.207 e. The van der Waals surface area contributed by atoms with E-state index in [-0.39, 0.29) is 5.82 Å². The number of halogens is 1. The monoisotopic (exact) mass is 202 g/mol. The Labute approximate surface area is 83.8 Å². The van der Waals surface area contributed by atoms with Crippen LogP contribution in [0.4, 0.5) is 10.1 Å². The van der Waals surface area contributed by atoms with Crippen LogP contribution in [-0.2, 0) is 4.84 Å². The summed E-state index contributed by atoms with van der Waals surface area (Å²) in [5.74, 6) is 0.289. The van der Waals surface area contributed by atoms with E-state index in [1.807, 2.05) is 13.8 Å². The van der Waals surface area contributed by atoms with E-state index in [2.05, 4.69) is 0 Å². The van der Waals surface area contributed by atoms with Crippen molar-refractivity contribution in [3.8, 4) is 5.75 Å². The second-order valence-corrected chi connectivity index (χ2v) is 2.24. The molecular weight excluding hydrogens is 185 g/mol. The van der Waals surface area contributed by atoms with Gasteiger partial charge >= 0.3 is 0 Å². The predicted octanol–water partition coefficient (Wildman–Crippen LogP) is 1.62. The molecule has 0 aliphatic heterocycles. The fourth-order valence-electron chi connectivity index (χ4n) is 0.924. The number of quaternary nitrogens is 1. The highest BCUT2D eigenvalue weighted by Gasteiger charge is 2.07. The van der Waals surface area contributed by atoms with E-state index in [9.17, 15) is 4.39 Å². The van der Waals surface area contributed by atoms with Crippen LogP contribution in [-0.4, -0.2) is 14.2 Å². The van der Waals surface area contributed by atoms with Gasteiger partial charge in [0.25, 0.3) is 0 Å². The maximum absolute atomic E-state index is 12.7. The predicted molar refractivity (Wildman–Crippen MR) is 52.9 cm³/mol. The maximum atomic E-state index is 12.7. The summed E-state index contributed by atoms with van der Waals surface area (Å²) in [6.07, 6.45) is 0. The van der Waals surface area contributed by atoms with Gasteiger partial charge < -0.3 is 4.74 Å². The second kappa shape index (κ2) is 7.29. The van der Waals surface area contributed by atoms with Crippen molar-refractivity contribution in [2.45, 2.75) is 13.8 Å². The van der Waals surface area contributed by atoms with E-state index in [0.29, 0.717) is 11.4 Å². The summed E-state index contributed by atoms with van der Waals surface area (Å²) in [4.78, 5) is 4.75. The van der Waals surface area contributed by atoms with Crippen LogP contribution in [0.5, 0.6) is 5.75 Å². The first-order valence-electron chi connectivity index (χ1n) is 4.47. The minimum Gasteiger partial charge on any atom is -0.491 e.